The average Bonchev–Trinajstić information content (AvgIpc) is 2.72. The van der Waals surface area contributed by atoms with Crippen molar-refractivity contribution in [1.29, 1.82) is 0 Å². The highest BCUT2D eigenvalue weighted by molar-refractivity contribution is 8.01. The minimum Gasteiger partial charge on any atom is -0.369 e. The first kappa shape index (κ1) is 16.3. The van der Waals surface area contributed by atoms with E-state index in [1.54, 1.807) is 23.9 Å². The molecule has 2 aromatic rings. The van der Waals surface area contributed by atoms with Crippen molar-refractivity contribution in [2.24, 2.45) is 5.73 Å². The number of aryl methyl sites for hydroxylation is 1. The molecule has 1 aromatic carbocycles. The van der Waals surface area contributed by atoms with Crippen LogP contribution >= 0.6 is 34.7 Å². The summed E-state index contributed by atoms with van der Waals surface area (Å²) < 4.78 is 14.0. The normalized spacial score (nSPS) is 12.4. The van der Waals surface area contributed by atoms with Crippen molar-refractivity contribution in [1.82, 2.24) is 4.98 Å². The molecule has 1 aromatic heterocycles. The molecular formula is C14H14ClFN2OS2. The second kappa shape index (κ2) is 6.77. The van der Waals surface area contributed by atoms with Gasteiger partial charge in [-0.05, 0) is 31.5 Å². The molecule has 1 unspecified atom stereocenters. The number of halogens is 2. The summed E-state index contributed by atoms with van der Waals surface area (Å²) in [6.45, 7) is 3.86. The van der Waals surface area contributed by atoms with Gasteiger partial charge in [-0.2, -0.15) is 0 Å². The Hall–Kier alpha value is -1.11. The standard InChI is InChI=1S/C14H14ClFN2OS2/c1-7-12(6-13(17)19)21-14(18-7)20-8(2)9-3-4-11(16)10(15)5-9/h3-5,8H,6H2,1-2H3,(H2,17,19). The second-order valence-corrected chi connectivity index (χ2v) is 7.64. The van der Waals surface area contributed by atoms with Gasteiger partial charge in [0, 0.05) is 10.1 Å². The number of nitrogens with zero attached hydrogens (tertiary/aromatic N) is 1. The third-order valence-corrected chi connectivity index (χ3v) is 5.60. The van der Waals surface area contributed by atoms with Gasteiger partial charge in [-0.15, -0.1) is 11.3 Å². The second-order valence-electron chi connectivity index (χ2n) is 4.57. The van der Waals surface area contributed by atoms with Crippen LogP contribution in [0.5, 0.6) is 0 Å². The average molecular weight is 345 g/mol. The fourth-order valence-electron chi connectivity index (χ4n) is 1.76. The Bertz CT molecular complexity index is 675. The fourth-order valence-corrected chi connectivity index (χ4v) is 4.45. The first-order valence-corrected chi connectivity index (χ1v) is 8.30. The van der Waals surface area contributed by atoms with Gasteiger partial charge in [0.2, 0.25) is 5.91 Å². The molecular weight excluding hydrogens is 331 g/mol. The van der Waals surface area contributed by atoms with E-state index in [2.05, 4.69) is 4.98 Å². The quantitative estimate of drug-likeness (QED) is 0.830. The summed E-state index contributed by atoms with van der Waals surface area (Å²) in [4.78, 5) is 16.3. The van der Waals surface area contributed by atoms with Gasteiger partial charge < -0.3 is 5.73 Å². The van der Waals surface area contributed by atoms with E-state index in [4.69, 9.17) is 17.3 Å². The Morgan fingerprint density at radius 1 is 1.57 bits per heavy atom. The van der Waals surface area contributed by atoms with Crippen molar-refractivity contribution >= 4 is 40.6 Å². The largest absolute Gasteiger partial charge is 0.369 e. The number of aromatic nitrogens is 1. The Morgan fingerprint density at radius 2 is 2.29 bits per heavy atom. The zero-order valence-corrected chi connectivity index (χ0v) is 13.9. The maximum absolute atomic E-state index is 13.2. The Labute approximate surface area is 135 Å². The number of benzene rings is 1. The van der Waals surface area contributed by atoms with E-state index in [-0.39, 0.29) is 22.6 Å². The molecule has 0 aliphatic heterocycles. The maximum Gasteiger partial charge on any atom is 0.222 e. The van der Waals surface area contributed by atoms with Gasteiger partial charge >= 0.3 is 0 Å². The first-order valence-electron chi connectivity index (χ1n) is 6.23. The van der Waals surface area contributed by atoms with Gasteiger partial charge in [0.25, 0.3) is 0 Å². The van der Waals surface area contributed by atoms with E-state index in [9.17, 15) is 9.18 Å². The summed E-state index contributed by atoms with van der Waals surface area (Å²) >= 11 is 8.81. The molecule has 1 amide bonds. The molecule has 2 rings (SSSR count). The highest BCUT2D eigenvalue weighted by Crippen LogP contribution is 2.38. The minimum absolute atomic E-state index is 0.0788. The predicted molar refractivity (Wildman–Crippen MR) is 85.4 cm³/mol. The van der Waals surface area contributed by atoms with Crippen molar-refractivity contribution in [3.05, 3.63) is 45.2 Å². The van der Waals surface area contributed by atoms with Gasteiger partial charge in [0.15, 0.2) is 4.34 Å². The lowest BCUT2D eigenvalue weighted by molar-refractivity contribution is -0.117. The van der Waals surface area contributed by atoms with E-state index in [0.717, 1.165) is 20.5 Å². The highest BCUT2D eigenvalue weighted by Gasteiger charge is 2.15. The molecule has 0 saturated carbocycles. The smallest absolute Gasteiger partial charge is 0.222 e. The first-order chi connectivity index (χ1) is 9.86. The van der Waals surface area contributed by atoms with E-state index >= 15 is 0 Å². The SMILES string of the molecule is Cc1nc(SC(C)c2ccc(F)c(Cl)c2)sc1CC(N)=O. The summed E-state index contributed by atoms with van der Waals surface area (Å²) in [5.74, 6) is -0.789. The van der Waals surface area contributed by atoms with Crippen LogP contribution < -0.4 is 5.73 Å². The van der Waals surface area contributed by atoms with Crippen LogP contribution in [0.3, 0.4) is 0 Å². The van der Waals surface area contributed by atoms with Crippen LogP contribution in [-0.4, -0.2) is 10.9 Å². The van der Waals surface area contributed by atoms with Gasteiger partial charge in [-0.25, -0.2) is 9.37 Å². The monoisotopic (exact) mass is 344 g/mol. The van der Waals surface area contributed by atoms with Crippen molar-refractivity contribution in [2.75, 3.05) is 0 Å². The van der Waals surface area contributed by atoms with E-state index < -0.39 is 5.82 Å². The molecule has 0 fully saturated rings. The van der Waals surface area contributed by atoms with E-state index in [1.165, 1.54) is 17.4 Å². The maximum atomic E-state index is 13.2. The van der Waals surface area contributed by atoms with Crippen LogP contribution in [0.4, 0.5) is 4.39 Å². The lowest BCUT2D eigenvalue weighted by atomic mass is 10.2. The van der Waals surface area contributed by atoms with Gasteiger partial charge in [-0.3, -0.25) is 4.79 Å². The molecule has 2 N–H and O–H groups in total. The Morgan fingerprint density at radius 3 is 2.90 bits per heavy atom. The lowest BCUT2D eigenvalue weighted by Crippen LogP contribution is -2.13. The number of rotatable bonds is 5. The van der Waals surface area contributed by atoms with Crippen molar-refractivity contribution in [3.8, 4) is 0 Å². The number of thioether (sulfide) groups is 1. The molecule has 21 heavy (non-hydrogen) atoms. The van der Waals surface area contributed by atoms with Gasteiger partial charge in [0.1, 0.15) is 5.82 Å². The molecule has 0 aliphatic rings. The zero-order valence-electron chi connectivity index (χ0n) is 11.5. The molecule has 7 heteroatoms. The van der Waals surface area contributed by atoms with Crippen molar-refractivity contribution < 1.29 is 9.18 Å². The van der Waals surface area contributed by atoms with E-state index in [0.29, 0.717) is 0 Å². The van der Waals surface area contributed by atoms with Crippen LogP contribution in [0.2, 0.25) is 5.02 Å². The van der Waals surface area contributed by atoms with Gasteiger partial charge in [0.05, 0.1) is 17.1 Å². The predicted octanol–water partition coefficient (Wildman–Crippen LogP) is 4.13. The van der Waals surface area contributed by atoms with Crippen LogP contribution in [-0.2, 0) is 11.2 Å². The number of thiazole rings is 1. The van der Waals surface area contributed by atoms with Crippen LogP contribution in [0.15, 0.2) is 22.5 Å². The summed E-state index contributed by atoms with van der Waals surface area (Å²) in [6, 6.07) is 4.70. The number of hydrogen-bond donors (Lipinski definition) is 1. The third kappa shape index (κ3) is 4.18. The topological polar surface area (TPSA) is 56.0 Å². The van der Waals surface area contributed by atoms with Gasteiger partial charge in [-0.1, -0.05) is 29.4 Å². The molecule has 1 heterocycles. The molecule has 0 spiro atoms. The molecule has 0 bridgehead atoms. The number of carbonyl (C=O) groups excluding carboxylic acids is 1. The number of amides is 1. The highest BCUT2D eigenvalue weighted by atomic mass is 35.5. The van der Waals surface area contributed by atoms with Crippen LogP contribution in [0.25, 0.3) is 0 Å². The third-order valence-electron chi connectivity index (χ3n) is 2.90. The van der Waals surface area contributed by atoms with Crippen molar-refractivity contribution in [3.63, 3.8) is 0 Å². The number of primary amides is 1. The summed E-state index contributed by atoms with van der Waals surface area (Å²) in [5, 5.41) is 0.194. The molecule has 0 saturated heterocycles. The number of carbonyl (C=O) groups is 1. The van der Waals surface area contributed by atoms with Crippen LogP contribution in [0.1, 0.15) is 28.3 Å². The number of hydrogen-bond acceptors (Lipinski definition) is 4. The Balaban J connectivity index is 2.13. The molecule has 1 atom stereocenters. The summed E-state index contributed by atoms with van der Waals surface area (Å²) in [6.07, 6.45) is 0.209. The number of nitrogens with two attached hydrogens (primary N) is 1. The molecule has 0 aliphatic carbocycles. The lowest BCUT2D eigenvalue weighted by Gasteiger charge is -2.10. The van der Waals surface area contributed by atoms with Crippen LogP contribution in [0, 0.1) is 12.7 Å². The van der Waals surface area contributed by atoms with E-state index in [1.807, 2.05) is 13.8 Å². The zero-order chi connectivity index (χ0) is 15.6. The Kier molecular flexibility index (Phi) is 5.24. The molecule has 112 valence electrons. The minimum atomic E-state index is -0.425. The van der Waals surface area contributed by atoms with Crippen molar-refractivity contribution in [2.45, 2.75) is 29.9 Å². The summed E-state index contributed by atoms with van der Waals surface area (Å²) in [5.41, 5.74) is 6.96. The molecule has 3 nitrogen and oxygen atoms in total. The summed E-state index contributed by atoms with van der Waals surface area (Å²) in [7, 11) is 0. The fraction of sp³-hybridized carbons (Fsp3) is 0.286. The molecule has 0 radical (unpaired) electrons.